The molecule has 2 aliphatic rings. The molecule has 8 nitrogen and oxygen atoms in total. The van der Waals surface area contributed by atoms with Crippen LogP contribution in [0.2, 0.25) is 0 Å². The molecule has 8 heteroatoms. The highest BCUT2D eigenvalue weighted by molar-refractivity contribution is 5.70. The summed E-state index contributed by atoms with van der Waals surface area (Å²) in [6, 6.07) is 0. The van der Waals surface area contributed by atoms with E-state index in [4.69, 9.17) is 18.9 Å². The Morgan fingerprint density at radius 2 is 1.11 bits per heavy atom. The first kappa shape index (κ1) is 23.1. The fraction of sp³-hybridized carbons (Fsp3) is 0.900. The summed E-state index contributed by atoms with van der Waals surface area (Å²) in [7, 11) is 0. The standard InChI is InChI=1S/C20H36N2O6/c1-17(15-21-7-11-25-12-8-21)27-19(23)5-3-4-6-20(24)28-18(2)16-22-9-13-26-14-10-22/h17-18H,3-16H2,1-2H3/p+2/t17-,18-/m1/s1. The van der Waals surface area contributed by atoms with Gasteiger partial charge >= 0.3 is 11.9 Å². The molecular formula is C20H38N2O6+2. The molecular weight excluding hydrogens is 364 g/mol. The van der Waals surface area contributed by atoms with E-state index in [2.05, 4.69) is 0 Å². The van der Waals surface area contributed by atoms with E-state index >= 15 is 0 Å². The number of ether oxygens (including phenoxy) is 4. The second-order valence-corrected chi connectivity index (χ2v) is 7.94. The highest BCUT2D eigenvalue weighted by Gasteiger charge is 2.21. The number of carbonyl (C=O) groups excluding carboxylic acids is 2. The number of nitrogens with one attached hydrogen (secondary N) is 2. The Kier molecular flexibility index (Phi) is 10.8. The number of hydrogen-bond donors (Lipinski definition) is 2. The predicted molar refractivity (Wildman–Crippen MR) is 102 cm³/mol. The minimum atomic E-state index is -0.183. The Balaban J connectivity index is 1.48. The minimum absolute atomic E-state index is 0.0888. The van der Waals surface area contributed by atoms with Crippen LogP contribution in [0.5, 0.6) is 0 Å². The van der Waals surface area contributed by atoms with Crippen LogP contribution in [0.1, 0.15) is 39.5 Å². The quantitative estimate of drug-likeness (QED) is 0.315. The van der Waals surface area contributed by atoms with Crippen molar-refractivity contribution in [2.45, 2.75) is 51.7 Å². The fourth-order valence-corrected chi connectivity index (χ4v) is 3.73. The highest BCUT2D eigenvalue weighted by Crippen LogP contribution is 2.05. The van der Waals surface area contributed by atoms with Gasteiger partial charge in [0.2, 0.25) is 0 Å². The Labute approximate surface area is 168 Å². The van der Waals surface area contributed by atoms with Gasteiger partial charge < -0.3 is 28.7 Å². The van der Waals surface area contributed by atoms with Crippen molar-refractivity contribution >= 4 is 11.9 Å². The van der Waals surface area contributed by atoms with Gasteiger partial charge in [-0.3, -0.25) is 9.59 Å². The third kappa shape index (κ3) is 9.82. The van der Waals surface area contributed by atoms with Gasteiger partial charge in [0.05, 0.1) is 26.4 Å². The molecule has 2 rings (SSSR count). The van der Waals surface area contributed by atoms with Crippen LogP contribution in [-0.4, -0.2) is 89.8 Å². The molecule has 2 aliphatic heterocycles. The zero-order valence-electron chi connectivity index (χ0n) is 17.5. The van der Waals surface area contributed by atoms with Crippen LogP contribution in [0.3, 0.4) is 0 Å². The Morgan fingerprint density at radius 3 is 1.46 bits per heavy atom. The lowest BCUT2D eigenvalue weighted by molar-refractivity contribution is -0.910. The van der Waals surface area contributed by atoms with Gasteiger partial charge in [-0.2, -0.15) is 0 Å². The Bertz CT molecular complexity index is 422. The first-order valence-corrected chi connectivity index (χ1v) is 10.7. The molecule has 2 heterocycles. The minimum Gasteiger partial charge on any atom is -0.457 e. The van der Waals surface area contributed by atoms with Gasteiger partial charge in [0, 0.05) is 12.8 Å². The summed E-state index contributed by atoms with van der Waals surface area (Å²) >= 11 is 0. The molecule has 0 aromatic carbocycles. The van der Waals surface area contributed by atoms with E-state index < -0.39 is 0 Å². The maximum absolute atomic E-state index is 12.0. The third-order valence-electron chi connectivity index (χ3n) is 5.23. The third-order valence-corrected chi connectivity index (χ3v) is 5.23. The second-order valence-electron chi connectivity index (χ2n) is 7.94. The van der Waals surface area contributed by atoms with Crippen molar-refractivity contribution in [3.8, 4) is 0 Å². The predicted octanol–water partition coefficient (Wildman–Crippen LogP) is -1.76. The van der Waals surface area contributed by atoms with Gasteiger partial charge in [-0.1, -0.05) is 0 Å². The van der Waals surface area contributed by atoms with Gasteiger partial charge in [-0.05, 0) is 26.7 Å². The number of unbranched alkanes of at least 4 members (excludes halogenated alkanes) is 1. The van der Waals surface area contributed by atoms with E-state index in [1.807, 2.05) is 13.8 Å². The van der Waals surface area contributed by atoms with Gasteiger partial charge in [-0.15, -0.1) is 0 Å². The lowest BCUT2D eigenvalue weighted by atomic mass is 10.2. The lowest BCUT2D eigenvalue weighted by Gasteiger charge is -2.26. The second kappa shape index (κ2) is 13.1. The number of carbonyl (C=O) groups is 2. The SMILES string of the molecule is C[C@H](C[NH+]1CCOCC1)OC(=O)CCCCC(=O)O[C@H](C)C[NH+]1CCOCC1. The van der Waals surface area contributed by atoms with Gasteiger partial charge in [0.15, 0.2) is 0 Å². The fourth-order valence-electron chi connectivity index (χ4n) is 3.73. The van der Waals surface area contributed by atoms with E-state index in [-0.39, 0.29) is 24.1 Å². The topological polar surface area (TPSA) is 79.9 Å². The monoisotopic (exact) mass is 402 g/mol. The molecule has 162 valence electrons. The van der Waals surface area contributed by atoms with Crippen LogP contribution in [0.25, 0.3) is 0 Å². The van der Waals surface area contributed by atoms with Crippen LogP contribution in [0.15, 0.2) is 0 Å². The van der Waals surface area contributed by atoms with E-state index in [0.29, 0.717) is 25.7 Å². The summed E-state index contributed by atoms with van der Waals surface area (Å²) in [6.07, 6.45) is 1.82. The number of esters is 2. The largest absolute Gasteiger partial charge is 0.457 e. The van der Waals surface area contributed by atoms with Crippen molar-refractivity contribution in [2.75, 3.05) is 65.7 Å². The summed E-state index contributed by atoms with van der Waals surface area (Å²) in [6.45, 7) is 12.5. The molecule has 28 heavy (non-hydrogen) atoms. The lowest BCUT2D eigenvalue weighted by Crippen LogP contribution is -3.15. The molecule has 0 aromatic rings. The Hall–Kier alpha value is -1.22. The number of morpholine rings is 2. The van der Waals surface area contributed by atoms with Gasteiger partial charge in [0.1, 0.15) is 51.5 Å². The highest BCUT2D eigenvalue weighted by atomic mass is 16.5. The average molecular weight is 403 g/mol. The first-order valence-electron chi connectivity index (χ1n) is 10.7. The van der Waals surface area contributed by atoms with Crippen LogP contribution in [-0.2, 0) is 28.5 Å². The van der Waals surface area contributed by atoms with Crippen molar-refractivity contribution in [3.63, 3.8) is 0 Å². The smallest absolute Gasteiger partial charge is 0.306 e. The molecule has 0 bridgehead atoms. The van der Waals surface area contributed by atoms with E-state index in [9.17, 15) is 9.59 Å². The van der Waals surface area contributed by atoms with Crippen molar-refractivity contribution < 1.29 is 38.3 Å². The van der Waals surface area contributed by atoms with Crippen LogP contribution < -0.4 is 9.80 Å². The molecule has 2 saturated heterocycles. The molecule has 0 amide bonds. The van der Waals surface area contributed by atoms with Crippen molar-refractivity contribution in [2.24, 2.45) is 0 Å². The average Bonchev–Trinajstić information content (AvgIpc) is 2.66. The maximum atomic E-state index is 12.0. The van der Waals surface area contributed by atoms with Crippen molar-refractivity contribution in [3.05, 3.63) is 0 Å². The molecule has 2 atom stereocenters. The van der Waals surface area contributed by atoms with Crippen LogP contribution in [0.4, 0.5) is 0 Å². The number of rotatable bonds is 11. The summed E-state index contributed by atoms with van der Waals surface area (Å²) < 4.78 is 21.6. The molecule has 2 fully saturated rings. The van der Waals surface area contributed by atoms with E-state index in [0.717, 1.165) is 65.7 Å². The summed E-state index contributed by atoms with van der Waals surface area (Å²) in [5.74, 6) is -0.365. The first-order chi connectivity index (χ1) is 13.5. The molecule has 0 spiro atoms. The van der Waals surface area contributed by atoms with Crippen LogP contribution >= 0.6 is 0 Å². The molecule has 0 radical (unpaired) electrons. The summed E-state index contributed by atoms with van der Waals surface area (Å²) in [5.41, 5.74) is 0. The molecule has 0 unspecified atom stereocenters. The normalized spacial score (nSPS) is 21.1. The van der Waals surface area contributed by atoms with Gasteiger partial charge in [0.25, 0.3) is 0 Å². The summed E-state index contributed by atoms with van der Waals surface area (Å²) in [5, 5.41) is 0. The molecule has 0 aromatic heterocycles. The maximum Gasteiger partial charge on any atom is 0.306 e. The molecule has 0 aliphatic carbocycles. The number of hydrogen-bond acceptors (Lipinski definition) is 6. The summed E-state index contributed by atoms with van der Waals surface area (Å²) in [4.78, 5) is 26.7. The zero-order chi connectivity index (χ0) is 20.2. The van der Waals surface area contributed by atoms with E-state index in [1.165, 1.54) is 9.80 Å². The Morgan fingerprint density at radius 1 is 0.750 bits per heavy atom. The van der Waals surface area contributed by atoms with Gasteiger partial charge in [-0.25, -0.2) is 0 Å². The van der Waals surface area contributed by atoms with E-state index in [1.54, 1.807) is 0 Å². The molecule has 0 saturated carbocycles. The van der Waals surface area contributed by atoms with Crippen molar-refractivity contribution in [1.29, 1.82) is 0 Å². The van der Waals surface area contributed by atoms with Crippen molar-refractivity contribution in [1.82, 2.24) is 0 Å². The zero-order valence-corrected chi connectivity index (χ0v) is 17.5. The van der Waals surface area contributed by atoms with Crippen LogP contribution in [0, 0.1) is 0 Å². The number of quaternary nitrogens is 2. The molecule has 2 N–H and O–H groups in total.